The lowest BCUT2D eigenvalue weighted by molar-refractivity contribution is 0.560. The van der Waals surface area contributed by atoms with Crippen LogP contribution < -0.4 is 10.6 Å². The van der Waals surface area contributed by atoms with Crippen molar-refractivity contribution in [3.8, 4) is 0 Å². The van der Waals surface area contributed by atoms with Gasteiger partial charge in [0.05, 0.1) is 17.0 Å². The standard InChI is InChI=1S/C17H31N3O2S2.HI/c1-7-18-16(19-10-11-24(21,22)17(4,5)6)20-13(2)12-15-9-8-14(3)23-15;/h8-9,13H,7,10-12H2,1-6H3,(H2,18,19,20);1H. The largest absolute Gasteiger partial charge is 0.357 e. The summed E-state index contributed by atoms with van der Waals surface area (Å²) in [7, 11) is -3.14. The fourth-order valence-electron chi connectivity index (χ4n) is 2.08. The van der Waals surface area contributed by atoms with E-state index in [-0.39, 0.29) is 42.3 Å². The summed E-state index contributed by atoms with van der Waals surface area (Å²) >= 11 is 1.80. The number of rotatable bonds is 7. The van der Waals surface area contributed by atoms with Crippen LogP contribution in [0.2, 0.25) is 0 Å². The van der Waals surface area contributed by atoms with E-state index < -0.39 is 14.6 Å². The number of nitrogens with zero attached hydrogens (tertiary/aromatic N) is 1. The minimum absolute atomic E-state index is 0. The molecular formula is C17H32IN3O2S2. The summed E-state index contributed by atoms with van der Waals surface area (Å²) in [4.78, 5) is 7.06. The predicted molar refractivity (Wildman–Crippen MR) is 120 cm³/mol. The predicted octanol–water partition coefficient (Wildman–Crippen LogP) is 3.37. The zero-order valence-electron chi connectivity index (χ0n) is 16.0. The third-order valence-electron chi connectivity index (χ3n) is 3.59. The van der Waals surface area contributed by atoms with E-state index in [1.165, 1.54) is 9.75 Å². The lowest BCUT2D eigenvalue weighted by atomic mass is 10.2. The van der Waals surface area contributed by atoms with Gasteiger partial charge in [0.15, 0.2) is 15.8 Å². The van der Waals surface area contributed by atoms with Crippen LogP contribution in [-0.4, -0.2) is 44.0 Å². The fourth-order valence-corrected chi connectivity index (χ4v) is 4.05. The molecule has 146 valence electrons. The van der Waals surface area contributed by atoms with Crippen molar-refractivity contribution in [1.29, 1.82) is 0 Å². The summed E-state index contributed by atoms with van der Waals surface area (Å²) in [5.74, 6) is 0.730. The van der Waals surface area contributed by atoms with Gasteiger partial charge < -0.3 is 10.6 Å². The number of aliphatic imine (C=N–C) groups is 1. The van der Waals surface area contributed by atoms with Crippen molar-refractivity contribution >= 4 is 51.1 Å². The van der Waals surface area contributed by atoms with Crippen LogP contribution in [0, 0.1) is 6.92 Å². The maximum absolute atomic E-state index is 12.1. The first-order chi connectivity index (χ1) is 11.0. The molecule has 0 aliphatic heterocycles. The molecule has 25 heavy (non-hydrogen) atoms. The number of halogens is 1. The van der Waals surface area contributed by atoms with Gasteiger partial charge in [-0.25, -0.2) is 8.42 Å². The highest BCUT2D eigenvalue weighted by molar-refractivity contribution is 14.0. The van der Waals surface area contributed by atoms with Crippen molar-refractivity contribution in [2.45, 2.75) is 58.8 Å². The van der Waals surface area contributed by atoms with E-state index in [2.05, 4.69) is 41.6 Å². The minimum Gasteiger partial charge on any atom is -0.357 e. The van der Waals surface area contributed by atoms with Crippen LogP contribution in [0.5, 0.6) is 0 Å². The van der Waals surface area contributed by atoms with E-state index in [9.17, 15) is 8.42 Å². The Hall–Kier alpha value is -0.350. The van der Waals surface area contributed by atoms with E-state index in [1.54, 1.807) is 32.1 Å². The number of hydrogen-bond donors (Lipinski definition) is 2. The van der Waals surface area contributed by atoms with Gasteiger partial charge in [-0.3, -0.25) is 4.99 Å². The van der Waals surface area contributed by atoms with E-state index >= 15 is 0 Å². The van der Waals surface area contributed by atoms with Crippen molar-refractivity contribution in [3.05, 3.63) is 21.9 Å². The average molecular weight is 502 g/mol. The number of sulfone groups is 1. The van der Waals surface area contributed by atoms with Gasteiger partial charge >= 0.3 is 0 Å². The van der Waals surface area contributed by atoms with Gasteiger partial charge in [-0.1, -0.05) is 0 Å². The molecule has 0 bridgehead atoms. The Morgan fingerprint density at radius 2 is 1.96 bits per heavy atom. The maximum Gasteiger partial charge on any atom is 0.191 e. The fraction of sp³-hybridized carbons (Fsp3) is 0.706. The molecule has 1 atom stereocenters. The van der Waals surface area contributed by atoms with Crippen LogP contribution in [0.4, 0.5) is 0 Å². The Morgan fingerprint density at radius 3 is 2.44 bits per heavy atom. The third kappa shape index (κ3) is 8.72. The lowest BCUT2D eigenvalue weighted by Gasteiger charge is -2.19. The van der Waals surface area contributed by atoms with Crippen LogP contribution in [0.3, 0.4) is 0 Å². The summed E-state index contributed by atoms with van der Waals surface area (Å²) in [6, 6.07) is 4.50. The van der Waals surface area contributed by atoms with E-state index in [1.807, 2.05) is 6.92 Å². The van der Waals surface area contributed by atoms with Crippen molar-refractivity contribution < 1.29 is 8.42 Å². The monoisotopic (exact) mass is 501 g/mol. The molecule has 1 aromatic heterocycles. The van der Waals surface area contributed by atoms with E-state index in [0.717, 1.165) is 13.0 Å². The van der Waals surface area contributed by atoms with Gasteiger partial charge in [-0.2, -0.15) is 0 Å². The van der Waals surface area contributed by atoms with Gasteiger partial charge in [-0.05, 0) is 53.7 Å². The molecule has 0 aliphatic carbocycles. The molecule has 1 unspecified atom stereocenters. The van der Waals surface area contributed by atoms with Crippen molar-refractivity contribution in [2.24, 2.45) is 4.99 Å². The highest BCUT2D eigenvalue weighted by Crippen LogP contribution is 2.17. The summed E-state index contributed by atoms with van der Waals surface area (Å²) < 4.78 is 23.6. The maximum atomic E-state index is 12.1. The molecule has 0 fully saturated rings. The van der Waals surface area contributed by atoms with Crippen LogP contribution in [-0.2, 0) is 16.3 Å². The van der Waals surface area contributed by atoms with Crippen LogP contribution in [0.25, 0.3) is 0 Å². The Balaban J connectivity index is 0.00000576. The normalized spacial score (nSPS) is 13.9. The molecule has 0 saturated carbocycles. The average Bonchev–Trinajstić information content (AvgIpc) is 2.82. The SMILES string of the molecule is CCNC(=NCCS(=O)(=O)C(C)(C)C)NC(C)Cc1ccc(C)s1.I. The molecule has 0 radical (unpaired) electrons. The highest BCUT2D eigenvalue weighted by Gasteiger charge is 2.28. The third-order valence-corrected chi connectivity index (χ3v) is 7.20. The summed E-state index contributed by atoms with van der Waals surface area (Å²) in [5, 5.41) is 6.53. The first kappa shape index (κ1) is 24.7. The molecule has 1 heterocycles. The summed E-state index contributed by atoms with van der Waals surface area (Å²) in [6.45, 7) is 12.4. The number of thiophene rings is 1. The van der Waals surface area contributed by atoms with Crippen molar-refractivity contribution in [2.75, 3.05) is 18.8 Å². The molecule has 0 saturated heterocycles. The smallest absolute Gasteiger partial charge is 0.191 e. The molecule has 1 aromatic rings. The number of nitrogens with one attached hydrogen (secondary N) is 2. The van der Waals surface area contributed by atoms with Gasteiger partial charge in [0, 0.05) is 28.8 Å². The van der Waals surface area contributed by atoms with Gasteiger partial charge in [-0.15, -0.1) is 35.3 Å². The summed E-state index contributed by atoms with van der Waals surface area (Å²) in [6.07, 6.45) is 0.920. The van der Waals surface area contributed by atoms with Gasteiger partial charge in [0.1, 0.15) is 0 Å². The Bertz CT molecular complexity index is 649. The minimum atomic E-state index is -3.14. The highest BCUT2D eigenvalue weighted by atomic mass is 127. The van der Waals surface area contributed by atoms with Crippen LogP contribution >= 0.6 is 35.3 Å². The zero-order valence-corrected chi connectivity index (χ0v) is 20.0. The first-order valence-corrected chi connectivity index (χ1v) is 10.8. The van der Waals surface area contributed by atoms with Crippen molar-refractivity contribution in [3.63, 3.8) is 0 Å². The molecular weight excluding hydrogens is 469 g/mol. The number of hydrogen-bond acceptors (Lipinski definition) is 4. The molecule has 5 nitrogen and oxygen atoms in total. The van der Waals surface area contributed by atoms with Crippen molar-refractivity contribution in [1.82, 2.24) is 10.6 Å². The van der Waals surface area contributed by atoms with Gasteiger partial charge in [0.2, 0.25) is 0 Å². The molecule has 1 rings (SSSR count). The second-order valence-electron chi connectivity index (χ2n) is 6.95. The molecule has 0 aliphatic rings. The van der Waals surface area contributed by atoms with E-state index in [4.69, 9.17) is 0 Å². The second-order valence-corrected chi connectivity index (χ2v) is 11.2. The Kier molecular flexibility index (Phi) is 10.6. The van der Waals surface area contributed by atoms with Crippen LogP contribution in [0.15, 0.2) is 17.1 Å². The first-order valence-electron chi connectivity index (χ1n) is 8.37. The quantitative estimate of drug-likeness (QED) is 0.342. The number of guanidine groups is 1. The number of aryl methyl sites for hydroxylation is 1. The molecule has 8 heteroatoms. The zero-order chi connectivity index (χ0) is 18.4. The molecule has 2 N–H and O–H groups in total. The molecule has 0 amide bonds. The van der Waals surface area contributed by atoms with E-state index in [0.29, 0.717) is 5.96 Å². The summed E-state index contributed by atoms with van der Waals surface area (Å²) in [5.41, 5.74) is 0. The topological polar surface area (TPSA) is 70.6 Å². The molecule has 0 spiro atoms. The Labute approximate surface area is 174 Å². The second kappa shape index (κ2) is 10.7. The lowest BCUT2D eigenvalue weighted by Crippen LogP contribution is -2.43. The molecule has 0 aromatic carbocycles. The van der Waals surface area contributed by atoms with Gasteiger partial charge in [0.25, 0.3) is 0 Å². The Morgan fingerprint density at radius 1 is 1.32 bits per heavy atom. The van der Waals surface area contributed by atoms with Crippen LogP contribution in [0.1, 0.15) is 44.4 Å².